The van der Waals surface area contributed by atoms with Gasteiger partial charge in [0.2, 0.25) is 0 Å². The number of nitrogens with two attached hydrogens (primary N) is 1. The van der Waals surface area contributed by atoms with Crippen LogP contribution in [-0.4, -0.2) is 11.8 Å². The minimum absolute atomic E-state index is 0.164. The number of rotatable bonds is 4. The average molecular weight is 458 g/mol. The number of hydrogen-bond acceptors (Lipinski definition) is 4. The second-order valence-electron chi connectivity index (χ2n) is 6.15. The van der Waals surface area contributed by atoms with E-state index in [-0.39, 0.29) is 28.0 Å². The molecule has 0 atom stereocenters. The Kier molecular flexibility index (Phi) is 6.07. The highest BCUT2D eigenvalue weighted by Crippen LogP contribution is 2.43. The van der Waals surface area contributed by atoms with Crippen molar-refractivity contribution in [1.82, 2.24) is 0 Å². The average Bonchev–Trinajstić information content (AvgIpc) is 3.18. The van der Waals surface area contributed by atoms with Gasteiger partial charge >= 0.3 is 18.3 Å². The molecule has 0 saturated heterocycles. The molecule has 0 amide bonds. The monoisotopic (exact) mass is 458 g/mol. The van der Waals surface area contributed by atoms with E-state index in [1.807, 2.05) is 0 Å². The van der Waals surface area contributed by atoms with Crippen molar-refractivity contribution in [2.45, 2.75) is 12.4 Å². The van der Waals surface area contributed by atoms with Gasteiger partial charge in [-0.25, -0.2) is 4.79 Å². The molecule has 3 rings (SSSR count). The van der Waals surface area contributed by atoms with Gasteiger partial charge in [-0.1, -0.05) is 47.6 Å². The van der Waals surface area contributed by atoms with Crippen LogP contribution in [-0.2, 0) is 17.2 Å². The van der Waals surface area contributed by atoms with Crippen LogP contribution in [0.5, 0.6) is 0 Å². The van der Waals surface area contributed by atoms with Gasteiger partial charge in [-0.15, -0.1) is 11.3 Å². The molecule has 4 nitrogen and oxygen atoms in total. The van der Waals surface area contributed by atoms with Crippen molar-refractivity contribution in [2.75, 3.05) is 0 Å². The summed E-state index contributed by atoms with van der Waals surface area (Å²) in [5.74, 6) is -1.78. The maximum absolute atomic E-state index is 13.4. The smallest absolute Gasteiger partial charge is 0.380 e. The molecule has 0 spiro atoms. The maximum Gasteiger partial charge on any atom is 0.426 e. The van der Waals surface area contributed by atoms with E-state index in [1.54, 1.807) is 18.2 Å². The molecule has 1 aromatic heterocycles. The molecule has 0 saturated carbocycles. The first-order chi connectivity index (χ1) is 14.5. The number of carbonyl (C=O) groups is 1. The van der Waals surface area contributed by atoms with Crippen LogP contribution in [0.15, 0.2) is 65.8 Å². The molecular weight excluding hydrogens is 446 g/mol. The molecule has 11 heteroatoms. The van der Waals surface area contributed by atoms with E-state index in [1.165, 1.54) is 18.2 Å². The molecular formula is C20H12F6N2O2S. The van der Waals surface area contributed by atoms with Crippen molar-refractivity contribution in [3.63, 3.8) is 0 Å². The Hall–Kier alpha value is -3.34. The Morgan fingerprint density at radius 1 is 0.903 bits per heavy atom. The van der Waals surface area contributed by atoms with Gasteiger partial charge in [0.15, 0.2) is 5.84 Å². The van der Waals surface area contributed by atoms with Gasteiger partial charge in [-0.2, -0.15) is 26.3 Å². The van der Waals surface area contributed by atoms with Crippen LogP contribution in [0.4, 0.5) is 26.3 Å². The SMILES string of the molecule is N/C(=N\OC(=O)c1cc(-c2ccccc2)c(C(F)(F)F)s1)c1cccc(C(F)(F)F)c1. The van der Waals surface area contributed by atoms with Gasteiger partial charge in [-0.05, 0) is 23.8 Å². The number of thiophene rings is 1. The van der Waals surface area contributed by atoms with Crippen molar-refractivity contribution < 1.29 is 36.0 Å². The van der Waals surface area contributed by atoms with E-state index in [0.29, 0.717) is 6.07 Å². The lowest BCUT2D eigenvalue weighted by molar-refractivity contribution is -0.137. The van der Waals surface area contributed by atoms with Crippen molar-refractivity contribution in [3.05, 3.63) is 81.5 Å². The van der Waals surface area contributed by atoms with Crippen LogP contribution in [0.3, 0.4) is 0 Å². The van der Waals surface area contributed by atoms with E-state index < -0.39 is 39.5 Å². The predicted molar refractivity (Wildman–Crippen MR) is 102 cm³/mol. The molecule has 162 valence electrons. The molecule has 1 heterocycles. The number of amidine groups is 1. The number of alkyl halides is 6. The molecule has 0 aliphatic heterocycles. The molecule has 0 unspecified atom stereocenters. The summed E-state index contributed by atoms with van der Waals surface area (Å²) in [5.41, 5.74) is 4.43. The van der Waals surface area contributed by atoms with E-state index in [2.05, 4.69) is 9.99 Å². The molecule has 2 aromatic carbocycles. The first-order valence-electron chi connectivity index (χ1n) is 8.45. The molecule has 31 heavy (non-hydrogen) atoms. The van der Waals surface area contributed by atoms with Crippen LogP contribution < -0.4 is 5.73 Å². The zero-order valence-electron chi connectivity index (χ0n) is 15.3. The third kappa shape index (κ3) is 5.23. The fraction of sp³-hybridized carbons (Fsp3) is 0.100. The van der Waals surface area contributed by atoms with Crippen LogP contribution in [0, 0.1) is 0 Å². The summed E-state index contributed by atoms with van der Waals surface area (Å²) in [6.45, 7) is 0. The standard InChI is InChI=1S/C20H12F6N2O2S/c21-19(22,23)13-8-4-7-12(9-13)17(27)28-30-18(29)15-10-14(11-5-2-1-3-6-11)16(31-15)20(24,25)26/h1-10H,(H2,27,28). The summed E-state index contributed by atoms with van der Waals surface area (Å²) < 4.78 is 78.6. The quantitative estimate of drug-likeness (QED) is 0.173. The zero-order chi connectivity index (χ0) is 22.8. The highest BCUT2D eigenvalue weighted by Gasteiger charge is 2.37. The molecule has 0 aliphatic carbocycles. The molecule has 2 N–H and O–H groups in total. The fourth-order valence-corrected chi connectivity index (χ4v) is 3.50. The Morgan fingerprint density at radius 3 is 2.19 bits per heavy atom. The second kappa shape index (κ2) is 8.42. The fourth-order valence-electron chi connectivity index (χ4n) is 2.58. The lowest BCUT2D eigenvalue weighted by Gasteiger charge is -2.08. The number of nitrogens with zero attached hydrogens (tertiary/aromatic N) is 1. The van der Waals surface area contributed by atoms with Gasteiger partial charge in [-0.3, -0.25) is 0 Å². The lowest BCUT2D eigenvalue weighted by Crippen LogP contribution is -2.16. The van der Waals surface area contributed by atoms with Crippen LogP contribution in [0.1, 0.15) is 25.7 Å². The van der Waals surface area contributed by atoms with Gasteiger partial charge in [0, 0.05) is 11.1 Å². The molecule has 0 bridgehead atoms. The number of halogens is 6. The second-order valence-corrected chi connectivity index (χ2v) is 7.20. The predicted octanol–water partition coefficient (Wildman–Crippen LogP) is 5.93. The third-order valence-corrected chi connectivity index (χ3v) is 5.15. The largest absolute Gasteiger partial charge is 0.426 e. The first-order valence-corrected chi connectivity index (χ1v) is 9.27. The number of hydrogen-bond donors (Lipinski definition) is 1. The minimum atomic E-state index is -4.71. The van der Waals surface area contributed by atoms with Crippen LogP contribution in [0.2, 0.25) is 0 Å². The van der Waals surface area contributed by atoms with Crippen LogP contribution in [0.25, 0.3) is 11.1 Å². The molecule has 3 aromatic rings. The summed E-state index contributed by atoms with van der Waals surface area (Å²) in [6, 6.07) is 12.5. The Balaban J connectivity index is 1.86. The third-order valence-electron chi connectivity index (χ3n) is 3.99. The number of oxime groups is 1. The Morgan fingerprint density at radius 2 is 1.58 bits per heavy atom. The summed E-state index contributed by atoms with van der Waals surface area (Å²) in [6.07, 6.45) is -9.33. The highest BCUT2D eigenvalue weighted by atomic mass is 32.1. The van der Waals surface area contributed by atoms with E-state index in [0.717, 1.165) is 18.2 Å². The van der Waals surface area contributed by atoms with Crippen molar-refractivity contribution in [2.24, 2.45) is 10.9 Å². The van der Waals surface area contributed by atoms with Gasteiger partial charge < -0.3 is 10.6 Å². The van der Waals surface area contributed by atoms with E-state index in [9.17, 15) is 31.1 Å². The lowest BCUT2D eigenvalue weighted by atomic mass is 10.1. The number of benzene rings is 2. The zero-order valence-corrected chi connectivity index (χ0v) is 16.1. The van der Waals surface area contributed by atoms with E-state index >= 15 is 0 Å². The summed E-state index contributed by atoms with van der Waals surface area (Å²) in [4.78, 5) is 15.4. The summed E-state index contributed by atoms with van der Waals surface area (Å²) in [7, 11) is 0. The van der Waals surface area contributed by atoms with Gasteiger partial charge in [0.25, 0.3) is 0 Å². The molecule has 0 radical (unpaired) electrons. The van der Waals surface area contributed by atoms with Crippen molar-refractivity contribution >= 4 is 23.1 Å². The highest BCUT2D eigenvalue weighted by molar-refractivity contribution is 7.14. The van der Waals surface area contributed by atoms with E-state index in [4.69, 9.17) is 5.73 Å². The topological polar surface area (TPSA) is 64.7 Å². The Bertz CT molecular complexity index is 1120. The van der Waals surface area contributed by atoms with Crippen molar-refractivity contribution in [3.8, 4) is 11.1 Å². The summed E-state index contributed by atoms with van der Waals surface area (Å²) in [5, 5.41) is 3.27. The molecule has 0 fully saturated rings. The first kappa shape index (κ1) is 22.3. The normalized spacial score (nSPS) is 12.6. The summed E-state index contributed by atoms with van der Waals surface area (Å²) >= 11 is 0.164. The number of carbonyl (C=O) groups excluding carboxylic acids is 1. The van der Waals surface area contributed by atoms with Gasteiger partial charge in [0.1, 0.15) is 9.75 Å². The Labute approximate surface area is 175 Å². The van der Waals surface area contributed by atoms with Gasteiger partial charge in [0.05, 0.1) is 5.56 Å². The van der Waals surface area contributed by atoms with Crippen LogP contribution >= 0.6 is 11.3 Å². The van der Waals surface area contributed by atoms with Crippen molar-refractivity contribution in [1.29, 1.82) is 0 Å². The maximum atomic E-state index is 13.4. The molecule has 0 aliphatic rings. The minimum Gasteiger partial charge on any atom is -0.380 e.